The second kappa shape index (κ2) is 14.2. The zero-order valence-electron chi connectivity index (χ0n) is 20.8. The van der Waals surface area contributed by atoms with Gasteiger partial charge >= 0.3 is 0 Å². The van der Waals surface area contributed by atoms with E-state index in [1.807, 2.05) is 48.6 Å². The first-order chi connectivity index (χ1) is 17.2. The molecule has 0 amide bonds. The summed E-state index contributed by atoms with van der Waals surface area (Å²) in [5.41, 5.74) is 1.69. The predicted molar refractivity (Wildman–Crippen MR) is 148 cm³/mol. The molecule has 3 aromatic rings. The normalized spacial score (nSPS) is 11.3. The molecule has 35 heavy (non-hydrogen) atoms. The van der Waals surface area contributed by atoms with E-state index in [4.69, 9.17) is 13.9 Å². The first-order valence-electron chi connectivity index (χ1n) is 12.3. The molecule has 0 aliphatic heterocycles. The molecule has 0 atom stereocenters. The van der Waals surface area contributed by atoms with Crippen molar-refractivity contribution in [2.45, 2.75) is 12.8 Å². The lowest BCUT2D eigenvalue weighted by Crippen LogP contribution is -2.26. The van der Waals surface area contributed by atoms with E-state index in [1.165, 1.54) is 0 Å². The molecule has 0 N–H and O–H groups in total. The lowest BCUT2D eigenvalue weighted by molar-refractivity contribution is 0.262. The van der Waals surface area contributed by atoms with Crippen LogP contribution in [0.3, 0.4) is 0 Å². The molecule has 0 radical (unpaired) electrons. The van der Waals surface area contributed by atoms with Crippen molar-refractivity contribution in [1.29, 1.82) is 0 Å². The van der Waals surface area contributed by atoms with Crippen LogP contribution in [0.2, 0.25) is 0 Å². The molecule has 0 fully saturated rings. The van der Waals surface area contributed by atoms with E-state index in [9.17, 15) is 0 Å². The summed E-state index contributed by atoms with van der Waals surface area (Å²) < 4.78 is 18.1. The van der Waals surface area contributed by atoms with E-state index < -0.39 is 0 Å². The van der Waals surface area contributed by atoms with E-state index in [0.717, 1.165) is 85.5 Å². The van der Waals surface area contributed by atoms with Crippen molar-refractivity contribution in [3.8, 4) is 11.5 Å². The molecule has 0 aliphatic rings. The lowest BCUT2D eigenvalue weighted by Gasteiger charge is -2.18. The van der Waals surface area contributed by atoms with Gasteiger partial charge in [0.05, 0.1) is 13.2 Å². The Bertz CT molecular complexity index is 1010. The summed E-state index contributed by atoms with van der Waals surface area (Å²) in [5, 5.41) is 2.07. The van der Waals surface area contributed by atoms with Crippen LogP contribution in [-0.2, 0) is 0 Å². The number of benzene rings is 2. The van der Waals surface area contributed by atoms with E-state index in [2.05, 4.69) is 48.2 Å². The average Bonchev–Trinajstić information content (AvgIpc) is 3.22. The fraction of sp³-hybridized carbons (Fsp3) is 0.333. The molecule has 0 spiro atoms. The molecule has 0 bridgehead atoms. The minimum Gasteiger partial charge on any atom is -0.494 e. The highest BCUT2D eigenvalue weighted by molar-refractivity contribution is 6.05. The number of nitrogens with zero attached hydrogens (tertiary/aromatic N) is 2. The van der Waals surface area contributed by atoms with E-state index in [1.54, 1.807) is 0 Å². The zero-order chi connectivity index (χ0) is 24.9. The van der Waals surface area contributed by atoms with Crippen molar-refractivity contribution in [3.63, 3.8) is 0 Å². The van der Waals surface area contributed by atoms with Crippen molar-refractivity contribution in [3.05, 3.63) is 87.0 Å². The monoisotopic (exact) mass is 474 g/mol. The van der Waals surface area contributed by atoms with Crippen LogP contribution in [0.4, 0.5) is 0 Å². The van der Waals surface area contributed by atoms with Crippen molar-refractivity contribution in [2.24, 2.45) is 0 Å². The molecule has 2 aromatic carbocycles. The Morgan fingerprint density at radius 2 is 1.03 bits per heavy atom. The van der Waals surface area contributed by atoms with Crippen molar-refractivity contribution in [1.82, 2.24) is 9.80 Å². The van der Waals surface area contributed by atoms with Crippen LogP contribution in [0.1, 0.15) is 12.8 Å². The van der Waals surface area contributed by atoms with Crippen LogP contribution >= 0.6 is 0 Å². The number of ether oxygens (including phenoxy) is 2. The lowest BCUT2D eigenvalue weighted by atomic mass is 10.1. The molecule has 186 valence electrons. The molecular weight excluding hydrogens is 436 g/mol. The van der Waals surface area contributed by atoms with Gasteiger partial charge in [0.15, 0.2) is 0 Å². The number of hydrogen-bond acceptors (Lipinski definition) is 5. The number of fused-ring (bicyclic) bond motifs is 3. The Hall–Kier alpha value is -3.28. The third-order valence-electron chi connectivity index (χ3n) is 5.74. The highest BCUT2D eigenvalue weighted by atomic mass is 16.5. The van der Waals surface area contributed by atoms with E-state index in [0.29, 0.717) is 13.2 Å². The standard InChI is InChI=1S/C30H38N2O3/c1-5-15-31(16-6-2)19-9-21-33-25-11-13-29-27(23-25)28-24-26(12-14-30(28)35-29)34-22-10-20-32(17-7-3)18-8-4/h5-8,11-14,23-24H,1-4,9-10,15-22H2. The van der Waals surface area contributed by atoms with Crippen molar-refractivity contribution >= 4 is 21.9 Å². The van der Waals surface area contributed by atoms with Gasteiger partial charge in [0, 0.05) is 50.0 Å². The maximum absolute atomic E-state index is 6.04. The molecular formula is C30H38N2O3. The molecule has 5 nitrogen and oxygen atoms in total. The largest absolute Gasteiger partial charge is 0.494 e. The third kappa shape index (κ3) is 7.88. The zero-order valence-corrected chi connectivity index (χ0v) is 20.8. The molecule has 5 heteroatoms. The van der Waals surface area contributed by atoms with Gasteiger partial charge in [-0.25, -0.2) is 0 Å². The van der Waals surface area contributed by atoms with Gasteiger partial charge in [-0.2, -0.15) is 0 Å². The van der Waals surface area contributed by atoms with Gasteiger partial charge in [-0.15, -0.1) is 26.3 Å². The van der Waals surface area contributed by atoms with Gasteiger partial charge in [0.1, 0.15) is 22.7 Å². The summed E-state index contributed by atoms with van der Waals surface area (Å²) in [6.07, 6.45) is 9.53. The van der Waals surface area contributed by atoms with E-state index in [-0.39, 0.29) is 0 Å². The third-order valence-corrected chi connectivity index (χ3v) is 5.74. The molecule has 1 aromatic heterocycles. The van der Waals surface area contributed by atoms with E-state index >= 15 is 0 Å². The molecule has 0 aliphatic carbocycles. The Balaban J connectivity index is 1.59. The second-order valence-corrected chi connectivity index (χ2v) is 8.50. The minimum absolute atomic E-state index is 0.648. The highest BCUT2D eigenvalue weighted by Gasteiger charge is 2.10. The Morgan fingerprint density at radius 1 is 0.629 bits per heavy atom. The molecule has 0 saturated heterocycles. The van der Waals surface area contributed by atoms with Gasteiger partial charge in [-0.3, -0.25) is 9.80 Å². The fourth-order valence-electron chi connectivity index (χ4n) is 4.12. The average molecular weight is 475 g/mol. The maximum Gasteiger partial charge on any atom is 0.135 e. The number of furan rings is 1. The topological polar surface area (TPSA) is 38.1 Å². The van der Waals surface area contributed by atoms with Crippen LogP contribution < -0.4 is 9.47 Å². The number of rotatable bonds is 18. The summed E-state index contributed by atoms with van der Waals surface area (Å²) in [4.78, 5) is 4.57. The second-order valence-electron chi connectivity index (χ2n) is 8.50. The summed E-state index contributed by atoms with van der Waals surface area (Å²) in [6, 6.07) is 12.0. The summed E-state index contributed by atoms with van der Waals surface area (Å²) in [5.74, 6) is 1.69. The summed E-state index contributed by atoms with van der Waals surface area (Å²) in [7, 11) is 0. The van der Waals surface area contributed by atoms with Crippen molar-refractivity contribution < 1.29 is 13.9 Å². The first-order valence-corrected chi connectivity index (χ1v) is 12.3. The summed E-state index contributed by atoms with van der Waals surface area (Å²) >= 11 is 0. The molecule has 1 heterocycles. The first kappa shape index (κ1) is 26.3. The van der Waals surface area contributed by atoms with Crippen LogP contribution in [0.25, 0.3) is 21.9 Å². The van der Waals surface area contributed by atoms with Gasteiger partial charge in [-0.05, 0) is 49.2 Å². The van der Waals surface area contributed by atoms with Crippen LogP contribution in [0.5, 0.6) is 11.5 Å². The van der Waals surface area contributed by atoms with Crippen molar-refractivity contribution in [2.75, 3.05) is 52.5 Å². The predicted octanol–water partition coefficient (Wildman–Crippen LogP) is 6.47. The Labute approximate surface area is 209 Å². The smallest absolute Gasteiger partial charge is 0.135 e. The SMILES string of the molecule is C=CCN(CC=C)CCCOc1ccc2oc3ccc(OCCCN(CC=C)CC=C)cc3c2c1. The van der Waals surface area contributed by atoms with Crippen LogP contribution in [0.15, 0.2) is 91.4 Å². The van der Waals surface area contributed by atoms with Gasteiger partial charge in [0.2, 0.25) is 0 Å². The molecule has 3 rings (SSSR count). The van der Waals surface area contributed by atoms with Gasteiger partial charge in [-0.1, -0.05) is 24.3 Å². The van der Waals surface area contributed by atoms with Crippen LogP contribution in [0, 0.1) is 0 Å². The quantitative estimate of drug-likeness (QED) is 0.156. The minimum atomic E-state index is 0.648. The summed E-state index contributed by atoms with van der Waals surface area (Å²) in [6.45, 7) is 21.9. The van der Waals surface area contributed by atoms with Gasteiger partial charge in [0.25, 0.3) is 0 Å². The Kier molecular flexibility index (Phi) is 10.7. The fourth-order valence-corrected chi connectivity index (χ4v) is 4.12. The van der Waals surface area contributed by atoms with Crippen LogP contribution in [-0.4, -0.2) is 62.3 Å². The Morgan fingerprint density at radius 3 is 1.40 bits per heavy atom. The molecule has 0 unspecified atom stereocenters. The van der Waals surface area contributed by atoms with Gasteiger partial charge < -0.3 is 13.9 Å². The highest BCUT2D eigenvalue weighted by Crippen LogP contribution is 2.33. The number of hydrogen-bond donors (Lipinski definition) is 0. The molecule has 0 saturated carbocycles. The maximum atomic E-state index is 6.04.